The van der Waals surface area contributed by atoms with Crippen LogP contribution in [0, 0.1) is 0 Å². The predicted octanol–water partition coefficient (Wildman–Crippen LogP) is 3.51. The summed E-state index contributed by atoms with van der Waals surface area (Å²) in [5, 5.41) is 6.52. The quantitative estimate of drug-likeness (QED) is 0.368. The Balaban J connectivity index is 0.00000529. The number of halogens is 1. The van der Waals surface area contributed by atoms with Gasteiger partial charge in [-0.15, -0.1) is 24.0 Å². The fraction of sp³-hybridized carbons (Fsp3) is 0.611. The average molecular weight is 465 g/mol. The Morgan fingerprint density at radius 3 is 2.38 bits per heavy atom. The zero-order valence-corrected chi connectivity index (χ0v) is 18.6. The fourth-order valence-electron chi connectivity index (χ4n) is 2.03. The van der Waals surface area contributed by atoms with E-state index in [1.165, 1.54) is 5.56 Å². The van der Waals surface area contributed by atoms with Crippen LogP contribution in [0.5, 0.6) is 0 Å². The van der Waals surface area contributed by atoms with Crippen LogP contribution < -0.4 is 10.6 Å². The molecule has 1 aromatic rings. The highest BCUT2D eigenvalue weighted by molar-refractivity contribution is 14.0. The van der Waals surface area contributed by atoms with Gasteiger partial charge in [-0.3, -0.25) is 9.20 Å². The summed E-state index contributed by atoms with van der Waals surface area (Å²) in [6, 6.07) is 10.4. The molecule has 0 aliphatic carbocycles. The molecule has 1 aromatic carbocycles. The van der Waals surface area contributed by atoms with Gasteiger partial charge in [-0.05, 0) is 33.3 Å². The molecule has 0 aliphatic heterocycles. The molecule has 0 spiro atoms. The normalized spacial score (nSPS) is 14.5. The minimum atomic E-state index is -0.845. The highest BCUT2D eigenvalue weighted by Crippen LogP contribution is 2.14. The minimum Gasteiger partial charge on any atom is -0.357 e. The van der Waals surface area contributed by atoms with Crippen molar-refractivity contribution < 1.29 is 4.21 Å². The van der Waals surface area contributed by atoms with Gasteiger partial charge in [0.15, 0.2) is 5.96 Å². The molecule has 138 valence electrons. The standard InChI is InChI=1S/C18H31N3OS.HI/c1-6-19-17(20-12-13-23(22)18(3,4)5)21-14-15(2)16-10-8-7-9-11-16;/h7-11,15H,6,12-14H2,1-5H3,(H2,19,20,21);1H. The molecule has 24 heavy (non-hydrogen) atoms. The van der Waals surface area contributed by atoms with Crippen molar-refractivity contribution in [1.82, 2.24) is 10.6 Å². The smallest absolute Gasteiger partial charge is 0.191 e. The molecular formula is C18H32IN3OS. The van der Waals surface area contributed by atoms with Gasteiger partial charge in [0.1, 0.15) is 0 Å². The Bertz CT molecular complexity index is 515. The Labute approximate surface area is 166 Å². The lowest BCUT2D eigenvalue weighted by atomic mass is 10.0. The van der Waals surface area contributed by atoms with Crippen LogP contribution >= 0.6 is 24.0 Å². The molecule has 0 saturated heterocycles. The van der Waals surface area contributed by atoms with Gasteiger partial charge in [0.25, 0.3) is 0 Å². The van der Waals surface area contributed by atoms with Crippen LogP contribution in [0.15, 0.2) is 35.3 Å². The summed E-state index contributed by atoms with van der Waals surface area (Å²) in [7, 11) is -0.845. The number of nitrogens with one attached hydrogen (secondary N) is 2. The molecule has 2 atom stereocenters. The average Bonchev–Trinajstić information content (AvgIpc) is 2.52. The Kier molecular flexibility index (Phi) is 11.5. The monoisotopic (exact) mass is 465 g/mol. The van der Waals surface area contributed by atoms with E-state index in [-0.39, 0.29) is 28.7 Å². The first-order chi connectivity index (χ1) is 10.8. The summed E-state index contributed by atoms with van der Waals surface area (Å²) < 4.78 is 11.9. The number of guanidine groups is 1. The van der Waals surface area contributed by atoms with E-state index in [4.69, 9.17) is 0 Å². The second kappa shape index (κ2) is 11.8. The largest absolute Gasteiger partial charge is 0.357 e. The van der Waals surface area contributed by atoms with Crippen molar-refractivity contribution >= 4 is 40.7 Å². The number of hydrogen-bond acceptors (Lipinski definition) is 2. The van der Waals surface area contributed by atoms with Crippen LogP contribution in [0.25, 0.3) is 0 Å². The second-order valence-electron chi connectivity index (χ2n) is 6.62. The number of nitrogens with zero attached hydrogens (tertiary/aromatic N) is 1. The van der Waals surface area contributed by atoms with Crippen LogP contribution in [0.3, 0.4) is 0 Å². The zero-order chi connectivity index (χ0) is 17.3. The summed E-state index contributed by atoms with van der Waals surface area (Å²) in [4.78, 5) is 4.64. The van der Waals surface area contributed by atoms with Gasteiger partial charge < -0.3 is 10.6 Å². The van der Waals surface area contributed by atoms with Crippen LogP contribution in [0.2, 0.25) is 0 Å². The van der Waals surface area contributed by atoms with E-state index in [1.807, 2.05) is 33.8 Å². The van der Waals surface area contributed by atoms with Crippen LogP contribution in [0.4, 0.5) is 0 Å². The van der Waals surface area contributed by atoms with Gasteiger partial charge in [0, 0.05) is 46.9 Å². The molecule has 6 heteroatoms. The Morgan fingerprint density at radius 2 is 1.83 bits per heavy atom. The Morgan fingerprint density at radius 1 is 1.21 bits per heavy atom. The van der Waals surface area contributed by atoms with E-state index in [1.54, 1.807) is 0 Å². The molecule has 0 amide bonds. The number of hydrogen-bond donors (Lipinski definition) is 2. The van der Waals surface area contributed by atoms with Crippen molar-refractivity contribution in [2.24, 2.45) is 4.99 Å². The summed E-state index contributed by atoms with van der Waals surface area (Å²) in [5.74, 6) is 1.79. The summed E-state index contributed by atoms with van der Waals surface area (Å²) >= 11 is 0. The van der Waals surface area contributed by atoms with Gasteiger partial charge >= 0.3 is 0 Å². The van der Waals surface area contributed by atoms with Gasteiger partial charge in [-0.1, -0.05) is 37.3 Å². The third-order valence-corrected chi connectivity index (χ3v) is 5.44. The SMILES string of the molecule is CCNC(=NCC(C)c1ccccc1)NCCS(=O)C(C)(C)C.I. The minimum absolute atomic E-state index is 0. The van der Waals surface area contributed by atoms with E-state index >= 15 is 0 Å². The van der Waals surface area contributed by atoms with E-state index in [0.29, 0.717) is 18.2 Å². The maximum Gasteiger partial charge on any atom is 0.191 e. The first-order valence-electron chi connectivity index (χ1n) is 8.30. The highest BCUT2D eigenvalue weighted by Gasteiger charge is 2.18. The van der Waals surface area contributed by atoms with Crippen molar-refractivity contribution in [2.45, 2.75) is 45.3 Å². The van der Waals surface area contributed by atoms with Gasteiger partial charge in [0.05, 0.1) is 0 Å². The van der Waals surface area contributed by atoms with Crippen molar-refractivity contribution in [3.8, 4) is 0 Å². The van der Waals surface area contributed by atoms with E-state index in [9.17, 15) is 4.21 Å². The highest BCUT2D eigenvalue weighted by atomic mass is 127. The van der Waals surface area contributed by atoms with Gasteiger partial charge in [0.2, 0.25) is 0 Å². The lowest BCUT2D eigenvalue weighted by molar-refractivity contribution is 0.647. The van der Waals surface area contributed by atoms with Crippen LogP contribution in [0.1, 0.15) is 46.1 Å². The molecule has 1 rings (SSSR count). The molecule has 0 fully saturated rings. The third kappa shape index (κ3) is 9.01. The molecule has 2 unspecified atom stereocenters. The molecule has 0 heterocycles. The van der Waals surface area contributed by atoms with Crippen LogP contribution in [-0.2, 0) is 10.8 Å². The lowest BCUT2D eigenvalue weighted by Crippen LogP contribution is -2.40. The van der Waals surface area contributed by atoms with E-state index < -0.39 is 10.8 Å². The summed E-state index contributed by atoms with van der Waals surface area (Å²) in [6.07, 6.45) is 0. The number of aliphatic imine (C=N–C) groups is 1. The summed E-state index contributed by atoms with van der Waals surface area (Å²) in [6.45, 7) is 12.4. The predicted molar refractivity (Wildman–Crippen MR) is 117 cm³/mol. The van der Waals surface area contributed by atoms with Crippen LogP contribution in [-0.4, -0.2) is 40.3 Å². The topological polar surface area (TPSA) is 53.5 Å². The fourth-order valence-corrected chi connectivity index (χ4v) is 2.93. The van der Waals surface area contributed by atoms with Crippen molar-refractivity contribution in [3.63, 3.8) is 0 Å². The summed E-state index contributed by atoms with van der Waals surface area (Å²) in [5.41, 5.74) is 1.29. The molecule has 0 radical (unpaired) electrons. The molecular weight excluding hydrogens is 433 g/mol. The molecule has 0 saturated carbocycles. The molecule has 0 bridgehead atoms. The number of benzene rings is 1. The van der Waals surface area contributed by atoms with E-state index in [0.717, 1.165) is 19.0 Å². The first kappa shape index (κ1) is 23.4. The number of rotatable bonds is 7. The Hall–Kier alpha value is -0.630. The van der Waals surface area contributed by atoms with E-state index in [2.05, 4.69) is 46.8 Å². The van der Waals surface area contributed by atoms with Crippen molar-refractivity contribution in [3.05, 3.63) is 35.9 Å². The molecule has 4 nitrogen and oxygen atoms in total. The van der Waals surface area contributed by atoms with Crippen molar-refractivity contribution in [2.75, 3.05) is 25.4 Å². The first-order valence-corrected chi connectivity index (χ1v) is 9.62. The molecule has 0 aliphatic rings. The zero-order valence-electron chi connectivity index (χ0n) is 15.5. The molecule has 0 aromatic heterocycles. The van der Waals surface area contributed by atoms with Gasteiger partial charge in [-0.25, -0.2) is 0 Å². The maximum atomic E-state index is 12.1. The maximum absolute atomic E-state index is 12.1. The second-order valence-corrected chi connectivity index (χ2v) is 8.94. The van der Waals surface area contributed by atoms with Crippen molar-refractivity contribution in [1.29, 1.82) is 0 Å². The van der Waals surface area contributed by atoms with Gasteiger partial charge in [-0.2, -0.15) is 0 Å². The molecule has 2 N–H and O–H groups in total. The third-order valence-electron chi connectivity index (χ3n) is 3.50. The lowest BCUT2D eigenvalue weighted by Gasteiger charge is -2.18.